The van der Waals surface area contributed by atoms with E-state index >= 15 is 0 Å². The highest BCUT2D eigenvalue weighted by Crippen LogP contribution is 2.33. The lowest BCUT2D eigenvalue weighted by Crippen LogP contribution is -2.20. The number of hydrogen-bond acceptors (Lipinski definition) is 3. The van der Waals surface area contributed by atoms with Crippen LogP contribution < -0.4 is 0 Å². The van der Waals surface area contributed by atoms with Crippen LogP contribution in [0.25, 0.3) is 0 Å². The van der Waals surface area contributed by atoms with Crippen molar-refractivity contribution in [2.24, 2.45) is 5.92 Å². The molecule has 0 unspecified atom stereocenters. The second-order valence-electron chi connectivity index (χ2n) is 3.60. The molecule has 0 aliphatic carbocycles. The summed E-state index contributed by atoms with van der Waals surface area (Å²) in [7, 11) is 0. The number of ether oxygens (including phenoxy) is 1. The van der Waals surface area contributed by atoms with E-state index in [1.807, 2.05) is 17.7 Å². The molecule has 0 aromatic carbocycles. The van der Waals surface area contributed by atoms with Gasteiger partial charge < -0.3 is 14.4 Å². The van der Waals surface area contributed by atoms with Crippen LogP contribution in [-0.2, 0) is 16.1 Å². The highest BCUT2D eigenvalue weighted by molar-refractivity contribution is 5.71. The van der Waals surface area contributed by atoms with E-state index in [0.29, 0.717) is 13.0 Å². The van der Waals surface area contributed by atoms with Crippen molar-refractivity contribution in [3.8, 4) is 0 Å². The molecule has 2 heterocycles. The summed E-state index contributed by atoms with van der Waals surface area (Å²) >= 11 is 0. The number of aryl methyl sites for hydroxylation is 1. The van der Waals surface area contributed by atoms with Gasteiger partial charge in [0.25, 0.3) is 0 Å². The van der Waals surface area contributed by atoms with Crippen LogP contribution in [0, 0.1) is 5.92 Å². The normalized spacial score (nSPS) is 25.7. The first kappa shape index (κ1) is 10.2. The zero-order valence-corrected chi connectivity index (χ0v) is 8.59. The van der Waals surface area contributed by atoms with Crippen molar-refractivity contribution in [2.45, 2.75) is 26.0 Å². The Balaban J connectivity index is 2.26. The minimum absolute atomic E-state index is 0.391. The summed E-state index contributed by atoms with van der Waals surface area (Å²) in [6.07, 6.45) is 3.70. The minimum atomic E-state index is -0.803. The van der Waals surface area contributed by atoms with Gasteiger partial charge >= 0.3 is 5.97 Å². The molecule has 1 N–H and O–H groups in total. The smallest absolute Gasteiger partial charge is 0.309 e. The maximum absolute atomic E-state index is 11.0. The molecule has 1 aliphatic heterocycles. The fourth-order valence-corrected chi connectivity index (χ4v) is 1.94. The minimum Gasteiger partial charge on any atom is -0.481 e. The van der Waals surface area contributed by atoms with Gasteiger partial charge in [-0.05, 0) is 13.3 Å². The molecule has 0 radical (unpaired) electrons. The lowest BCUT2D eigenvalue weighted by molar-refractivity contribution is -0.143. The standard InChI is InChI=1S/C10H14N2O3/c1-2-12-5-4-11-9(12)8-7(10(13)14)3-6-15-8/h4-5,7-8H,2-3,6H2,1H3,(H,13,14)/t7-,8-/m0/s1. The summed E-state index contributed by atoms with van der Waals surface area (Å²) in [5, 5.41) is 9.03. The van der Waals surface area contributed by atoms with Gasteiger partial charge in [-0.2, -0.15) is 0 Å². The van der Waals surface area contributed by atoms with Crippen LogP contribution in [0.3, 0.4) is 0 Å². The molecule has 1 aliphatic rings. The molecule has 1 aromatic rings. The molecule has 15 heavy (non-hydrogen) atoms. The van der Waals surface area contributed by atoms with Gasteiger partial charge in [-0.1, -0.05) is 0 Å². The molecule has 1 saturated heterocycles. The molecule has 0 saturated carbocycles. The summed E-state index contributed by atoms with van der Waals surface area (Å²) < 4.78 is 7.37. The van der Waals surface area contributed by atoms with E-state index in [0.717, 1.165) is 12.4 Å². The van der Waals surface area contributed by atoms with Gasteiger partial charge in [-0.25, -0.2) is 4.98 Å². The quantitative estimate of drug-likeness (QED) is 0.810. The van der Waals surface area contributed by atoms with Crippen LogP contribution in [0.15, 0.2) is 12.4 Å². The third-order valence-electron chi connectivity index (χ3n) is 2.75. The first-order valence-electron chi connectivity index (χ1n) is 5.09. The van der Waals surface area contributed by atoms with Crippen molar-refractivity contribution in [1.29, 1.82) is 0 Å². The van der Waals surface area contributed by atoms with E-state index in [1.165, 1.54) is 0 Å². The number of rotatable bonds is 3. The van der Waals surface area contributed by atoms with Crippen molar-refractivity contribution < 1.29 is 14.6 Å². The van der Waals surface area contributed by atoms with Crippen LogP contribution in [0.4, 0.5) is 0 Å². The van der Waals surface area contributed by atoms with Crippen molar-refractivity contribution in [3.63, 3.8) is 0 Å². The van der Waals surface area contributed by atoms with Crippen molar-refractivity contribution >= 4 is 5.97 Å². The van der Waals surface area contributed by atoms with Gasteiger partial charge in [0, 0.05) is 25.5 Å². The van der Waals surface area contributed by atoms with Gasteiger partial charge in [-0.3, -0.25) is 4.79 Å². The van der Waals surface area contributed by atoms with Crippen LogP contribution >= 0.6 is 0 Å². The molecule has 1 fully saturated rings. The molecule has 0 amide bonds. The summed E-state index contributed by atoms with van der Waals surface area (Å²) in [5.41, 5.74) is 0. The Morgan fingerprint density at radius 2 is 2.60 bits per heavy atom. The van der Waals surface area contributed by atoms with E-state index < -0.39 is 18.0 Å². The summed E-state index contributed by atoms with van der Waals surface area (Å²) in [6, 6.07) is 0. The average Bonchev–Trinajstić information content (AvgIpc) is 2.85. The Morgan fingerprint density at radius 1 is 1.80 bits per heavy atom. The maximum Gasteiger partial charge on any atom is 0.309 e. The molecule has 2 atom stereocenters. The second kappa shape index (κ2) is 4.02. The van der Waals surface area contributed by atoms with Crippen molar-refractivity contribution in [1.82, 2.24) is 9.55 Å². The highest BCUT2D eigenvalue weighted by Gasteiger charge is 2.37. The predicted molar refractivity (Wildman–Crippen MR) is 52.3 cm³/mol. The third-order valence-corrected chi connectivity index (χ3v) is 2.75. The van der Waals surface area contributed by atoms with Crippen LogP contribution in [0.2, 0.25) is 0 Å². The molecule has 82 valence electrons. The fourth-order valence-electron chi connectivity index (χ4n) is 1.94. The number of carboxylic acid groups (broad SMARTS) is 1. The Bertz CT molecular complexity index is 361. The largest absolute Gasteiger partial charge is 0.481 e. The van der Waals surface area contributed by atoms with Gasteiger partial charge in [0.2, 0.25) is 0 Å². The zero-order valence-electron chi connectivity index (χ0n) is 8.59. The molecule has 5 heteroatoms. The molecule has 5 nitrogen and oxygen atoms in total. The van der Waals surface area contributed by atoms with Crippen LogP contribution in [0.5, 0.6) is 0 Å². The van der Waals surface area contributed by atoms with Gasteiger partial charge in [0.1, 0.15) is 11.9 Å². The van der Waals surface area contributed by atoms with E-state index in [4.69, 9.17) is 9.84 Å². The number of imidazole rings is 1. The summed E-state index contributed by atoms with van der Waals surface area (Å²) in [5.74, 6) is -0.539. The molecule has 0 bridgehead atoms. The molecular weight excluding hydrogens is 196 g/mol. The van der Waals surface area contributed by atoms with E-state index in [9.17, 15) is 4.79 Å². The second-order valence-corrected chi connectivity index (χ2v) is 3.60. The first-order valence-corrected chi connectivity index (χ1v) is 5.09. The SMILES string of the molecule is CCn1ccnc1[C@H]1OCC[C@@H]1C(=O)O. The fraction of sp³-hybridized carbons (Fsp3) is 0.600. The lowest BCUT2D eigenvalue weighted by atomic mass is 10.0. The zero-order chi connectivity index (χ0) is 10.8. The lowest BCUT2D eigenvalue weighted by Gasteiger charge is -2.15. The summed E-state index contributed by atoms with van der Waals surface area (Å²) in [6.45, 7) is 3.27. The average molecular weight is 210 g/mol. The van der Waals surface area contributed by atoms with Crippen LogP contribution in [-0.4, -0.2) is 27.2 Å². The monoisotopic (exact) mass is 210 g/mol. The van der Waals surface area contributed by atoms with E-state index in [-0.39, 0.29) is 0 Å². The van der Waals surface area contributed by atoms with Gasteiger partial charge in [0.05, 0.1) is 5.92 Å². The number of nitrogens with zero attached hydrogens (tertiary/aromatic N) is 2. The third kappa shape index (κ3) is 1.74. The topological polar surface area (TPSA) is 64.4 Å². The number of carboxylic acids is 1. The van der Waals surface area contributed by atoms with Gasteiger partial charge in [-0.15, -0.1) is 0 Å². The predicted octanol–water partition coefficient (Wildman–Crippen LogP) is 1.07. The number of aliphatic carboxylic acids is 1. The number of aromatic nitrogens is 2. The van der Waals surface area contributed by atoms with Crippen molar-refractivity contribution in [2.75, 3.05) is 6.61 Å². The molecular formula is C10H14N2O3. The number of carbonyl (C=O) groups is 1. The maximum atomic E-state index is 11.0. The Morgan fingerprint density at radius 3 is 3.27 bits per heavy atom. The molecule has 2 rings (SSSR count). The van der Waals surface area contributed by atoms with Crippen molar-refractivity contribution in [3.05, 3.63) is 18.2 Å². The Labute approximate surface area is 87.7 Å². The molecule has 0 spiro atoms. The Kier molecular flexibility index (Phi) is 2.73. The van der Waals surface area contributed by atoms with E-state index in [1.54, 1.807) is 6.20 Å². The summed E-state index contributed by atoms with van der Waals surface area (Å²) in [4.78, 5) is 15.2. The van der Waals surface area contributed by atoms with Crippen LogP contribution in [0.1, 0.15) is 25.3 Å². The first-order chi connectivity index (χ1) is 7.24. The Hall–Kier alpha value is -1.36. The number of hydrogen-bond donors (Lipinski definition) is 1. The van der Waals surface area contributed by atoms with E-state index in [2.05, 4.69) is 4.98 Å². The highest BCUT2D eigenvalue weighted by atomic mass is 16.5. The van der Waals surface area contributed by atoms with Gasteiger partial charge in [0.15, 0.2) is 0 Å². The molecule has 1 aromatic heterocycles.